The first-order valence-corrected chi connectivity index (χ1v) is 8.15. The van der Waals surface area contributed by atoms with Crippen LogP contribution < -0.4 is 0 Å². The molecular formula is C18H23NO4. The van der Waals surface area contributed by atoms with Gasteiger partial charge in [-0.15, -0.1) is 0 Å². The lowest BCUT2D eigenvalue weighted by Crippen LogP contribution is -2.46. The lowest BCUT2D eigenvalue weighted by molar-refractivity contribution is -0.154. The number of likely N-dealkylation sites (N-methyl/N-ethyl adjacent to an activating group) is 1. The van der Waals surface area contributed by atoms with Gasteiger partial charge in [0.05, 0.1) is 12.5 Å². The highest BCUT2D eigenvalue weighted by molar-refractivity contribution is 5.72. The number of ether oxygens (including phenoxy) is 2. The van der Waals surface area contributed by atoms with E-state index in [2.05, 4.69) is 11.9 Å². The number of fused-ring (bicyclic) bond motifs is 2. The molecule has 0 unspecified atom stereocenters. The van der Waals surface area contributed by atoms with Crippen molar-refractivity contribution < 1.29 is 19.1 Å². The molecule has 0 aromatic heterocycles. The van der Waals surface area contributed by atoms with Gasteiger partial charge in [-0.1, -0.05) is 30.3 Å². The highest BCUT2D eigenvalue weighted by Gasteiger charge is 2.47. The maximum Gasteiger partial charge on any atom is 0.310 e. The number of nitrogens with zero attached hydrogens (tertiary/aromatic N) is 1. The van der Waals surface area contributed by atoms with Crippen molar-refractivity contribution in [3.63, 3.8) is 0 Å². The molecule has 2 fully saturated rings. The molecule has 0 saturated carbocycles. The molecule has 2 heterocycles. The summed E-state index contributed by atoms with van der Waals surface area (Å²) in [6.45, 7) is 1.44. The maximum absolute atomic E-state index is 12.1. The third kappa shape index (κ3) is 3.72. The van der Waals surface area contributed by atoms with E-state index in [0.717, 1.165) is 24.8 Å². The smallest absolute Gasteiger partial charge is 0.310 e. The van der Waals surface area contributed by atoms with Crippen LogP contribution in [0.15, 0.2) is 30.3 Å². The number of carbonyl (C=O) groups is 2. The van der Waals surface area contributed by atoms with Crippen LogP contribution in [0.2, 0.25) is 0 Å². The van der Waals surface area contributed by atoms with Crippen LogP contribution in [-0.4, -0.2) is 48.2 Å². The first kappa shape index (κ1) is 16.0. The van der Waals surface area contributed by atoms with Gasteiger partial charge in [-0.3, -0.25) is 14.5 Å². The standard InChI is InChI=1S/C18H23NO4/c1-12(20)22-17-10-14-9-15(11-16(17)19(14)2)23-18(21)8-13-6-4-3-5-7-13/h3-7,14-17H,8-11H2,1-2H3/t14-,15-,16-,17+/m0/s1. The molecule has 23 heavy (non-hydrogen) atoms. The van der Waals surface area contributed by atoms with E-state index in [9.17, 15) is 9.59 Å². The van der Waals surface area contributed by atoms with Gasteiger partial charge in [0.2, 0.25) is 0 Å². The van der Waals surface area contributed by atoms with Crippen molar-refractivity contribution in [1.29, 1.82) is 0 Å². The normalized spacial score (nSPS) is 30.0. The fourth-order valence-corrected chi connectivity index (χ4v) is 3.80. The van der Waals surface area contributed by atoms with Gasteiger partial charge in [-0.25, -0.2) is 0 Å². The predicted octanol–water partition coefficient (Wildman–Crippen LogP) is 1.94. The number of hydrogen-bond acceptors (Lipinski definition) is 5. The highest BCUT2D eigenvalue weighted by Crippen LogP contribution is 2.37. The average Bonchev–Trinajstić information content (AvgIpc) is 2.67. The monoisotopic (exact) mass is 317 g/mol. The van der Waals surface area contributed by atoms with Crippen LogP contribution in [0.3, 0.4) is 0 Å². The average molecular weight is 317 g/mol. The van der Waals surface area contributed by atoms with E-state index in [1.54, 1.807) is 0 Å². The Bertz CT molecular complexity index is 574. The second-order valence-electron chi connectivity index (χ2n) is 6.52. The van der Waals surface area contributed by atoms with E-state index in [4.69, 9.17) is 9.47 Å². The van der Waals surface area contributed by atoms with Crippen LogP contribution in [0.1, 0.15) is 31.7 Å². The van der Waals surface area contributed by atoms with Gasteiger partial charge < -0.3 is 9.47 Å². The van der Waals surface area contributed by atoms with E-state index in [-0.39, 0.29) is 30.2 Å². The topological polar surface area (TPSA) is 55.8 Å². The zero-order valence-electron chi connectivity index (χ0n) is 13.6. The van der Waals surface area contributed by atoms with Crippen LogP contribution >= 0.6 is 0 Å². The summed E-state index contributed by atoms with van der Waals surface area (Å²) in [6, 6.07) is 10.1. The third-order valence-electron chi connectivity index (χ3n) is 4.88. The molecule has 0 radical (unpaired) electrons. The van der Waals surface area contributed by atoms with E-state index in [1.165, 1.54) is 6.92 Å². The number of esters is 2. The maximum atomic E-state index is 12.1. The Hall–Kier alpha value is -1.88. The lowest BCUT2D eigenvalue weighted by Gasteiger charge is -2.36. The number of rotatable bonds is 4. The summed E-state index contributed by atoms with van der Waals surface area (Å²) < 4.78 is 11.1. The van der Waals surface area contributed by atoms with Gasteiger partial charge in [-0.2, -0.15) is 0 Å². The molecule has 2 bridgehead atoms. The Labute approximate surface area is 136 Å². The van der Waals surface area contributed by atoms with E-state index in [1.807, 2.05) is 30.3 Å². The number of hydrogen-bond donors (Lipinski definition) is 0. The summed E-state index contributed by atoms with van der Waals surface area (Å²) in [5.74, 6) is -0.428. The van der Waals surface area contributed by atoms with Crippen molar-refractivity contribution in [2.24, 2.45) is 0 Å². The molecule has 2 aliphatic rings. The molecule has 124 valence electrons. The lowest BCUT2D eigenvalue weighted by atomic mass is 10.00. The van der Waals surface area contributed by atoms with E-state index in [0.29, 0.717) is 12.5 Å². The zero-order valence-corrected chi connectivity index (χ0v) is 13.6. The second kappa shape index (κ2) is 6.71. The minimum atomic E-state index is -0.242. The quantitative estimate of drug-likeness (QED) is 0.794. The zero-order chi connectivity index (χ0) is 16.4. The Morgan fingerprint density at radius 2 is 1.87 bits per heavy atom. The molecule has 0 N–H and O–H groups in total. The minimum absolute atomic E-state index is 0.0830. The van der Waals surface area contributed by atoms with Crippen molar-refractivity contribution in [2.45, 2.75) is 56.9 Å². The summed E-state index contributed by atoms with van der Waals surface area (Å²) in [5.41, 5.74) is 0.964. The van der Waals surface area contributed by atoms with Crippen molar-refractivity contribution >= 4 is 11.9 Å². The summed E-state index contributed by atoms with van der Waals surface area (Å²) in [4.78, 5) is 25.6. The molecule has 5 heteroatoms. The van der Waals surface area contributed by atoms with Crippen molar-refractivity contribution in [3.05, 3.63) is 35.9 Å². The van der Waals surface area contributed by atoms with Gasteiger partial charge in [0.25, 0.3) is 0 Å². The number of carbonyl (C=O) groups excluding carboxylic acids is 2. The molecule has 0 aliphatic carbocycles. The summed E-state index contributed by atoms with van der Waals surface area (Å²) >= 11 is 0. The van der Waals surface area contributed by atoms with Gasteiger partial charge in [0, 0.05) is 32.2 Å². The Balaban J connectivity index is 1.56. The first-order valence-electron chi connectivity index (χ1n) is 8.15. The Morgan fingerprint density at radius 1 is 1.13 bits per heavy atom. The third-order valence-corrected chi connectivity index (χ3v) is 4.88. The van der Waals surface area contributed by atoms with Gasteiger partial charge in [0.1, 0.15) is 12.2 Å². The Morgan fingerprint density at radius 3 is 2.57 bits per heavy atom. The first-order chi connectivity index (χ1) is 11.0. The molecule has 3 rings (SSSR count). The van der Waals surface area contributed by atoms with Crippen molar-refractivity contribution in [1.82, 2.24) is 4.90 Å². The van der Waals surface area contributed by atoms with Gasteiger partial charge in [0.15, 0.2) is 0 Å². The van der Waals surface area contributed by atoms with Crippen molar-refractivity contribution in [2.75, 3.05) is 7.05 Å². The fourth-order valence-electron chi connectivity index (χ4n) is 3.80. The van der Waals surface area contributed by atoms with Crippen LogP contribution in [0.5, 0.6) is 0 Å². The minimum Gasteiger partial charge on any atom is -0.462 e. The number of piperidine rings is 1. The van der Waals surface area contributed by atoms with Crippen molar-refractivity contribution in [3.8, 4) is 0 Å². The van der Waals surface area contributed by atoms with Crippen LogP contribution in [-0.2, 0) is 25.5 Å². The summed E-state index contributed by atoms with van der Waals surface area (Å²) in [6.07, 6.45) is 2.50. The molecule has 1 aromatic rings. The van der Waals surface area contributed by atoms with Gasteiger partial charge >= 0.3 is 11.9 Å². The SMILES string of the molecule is CC(=O)O[C@@H]1C[C@@H]2C[C@H](OC(=O)Cc3ccccc3)C[C@@H]1N2C. The predicted molar refractivity (Wildman–Crippen MR) is 84.8 cm³/mol. The summed E-state index contributed by atoms with van der Waals surface area (Å²) in [7, 11) is 2.06. The Kier molecular flexibility index (Phi) is 4.66. The molecule has 2 saturated heterocycles. The number of benzene rings is 1. The molecule has 0 amide bonds. The molecule has 1 aromatic carbocycles. The van der Waals surface area contributed by atoms with E-state index < -0.39 is 0 Å². The van der Waals surface area contributed by atoms with E-state index >= 15 is 0 Å². The fraction of sp³-hybridized carbons (Fsp3) is 0.556. The molecule has 5 nitrogen and oxygen atoms in total. The molecule has 2 aliphatic heterocycles. The molecular weight excluding hydrogens is 294 g/mol. The van der Waals surface area contributed by atoms with Crippen LogP contribution in [0.4, 0.5) is 0 Å². The summed E-state index contributed by atoms with van der Waals surface area (Å²) in [5, 5.41) is 0. The molecule has 0 spiro atoms. The second-order valence-corrected chi connectivity index (χ2v) is 6.52. The van der Waals surface area contributed by atoms with Crippen LogP contribution in [0.25, 0.3) is 0 Å². The van der Waals surface area contributed by atoms with Crippen LogP contribution in [0, 0.1) is 0 Å². The highest BCUT2D eigenvalue weighted by atomic mass is 16.6. The van der Waals surface area contributed by atoms with Gasteiger partial charge in [-0.05, 0) is 12.6 Å². The largest absolute Gasteiger partial charge is 0.462 e. The molecule has 4 atom stereocenters.